The Bertz CT molecular complexity index is 525. The molecule has 24 heavy (non-hydrogen) atoms. The molecule has 0 aromatic rings. The van der Waals surface area contributed by atoms with Crippen molar-refractivity contribution in [3.8, 4) is 0 Å². The summed E-state index contributed by atoms with van der Waals surface area (Å²) < 4.78 is 9.58. The smallest absolute Gasteiger partial charge is 0.366 e. The molecule has 136 valence electrons. The van der Waals surface area contributed by atoms with Gasteiger partial charge >= 0.3 is 5.97 Å². The van der Waals surface area contributed by atoms with Crippen molar-refractivity contribution in [3.63, 3.8) is 0 Å². The molecule has 6 atom stereocenters. The van der Waals surface area contributed by atoms with Crippen LogP contribution >= 0.6 is 0 Å². The number of amides is 1. The van der Waals surface area contributed by atoms with Crippen LogP contribution < -0.4 is 5.32 Å². The normalized spacial score (nSPS) is 32.2. The number of methoxy groups -OCH3 is 1. The third-order valence-corrected chi connectivity index (χ3v) is 3.58. The Labute approximate surface area is 136 Å². The van der Waals surface area contributed by atoms with Crippen molar-refractivity contribution in [3.05, 3.63) is 10.4 Å². The predicted octanol–water partition coefficient (Wildman–Crippen LogP) is -2.47. The van der Waals surface area contributed by atoms with Crippen LogP contribution in [0.25, 0.3) is 10.4 Å². The second-order valence-electron chi connectivity index (χ2n) is 5.30. The van der Waals surface area contributed by atoms with Crippen molar-refractivity contribution in [2.75, 3.05) is 13.7 Å². The molecule has 12 heteroatoms. The van der Waals surface area contributed by atoms with Crippen LogP contribution in [-0.4, -0.2) is 82.2 Å². The van der Waals surface area contributed by atoms with E-state index in [2.05, 4.69) is 20.1 Å². The van der Waals surface area contributed by atoms with Gasteiger partial charge < -0.3 is 35.2 Å². The number of carbonyl (C=O) groups is 2. The second-order valence-corrected chi connectivity index (χ2v) is 5.30. The lowest BCUT2D eigenvalue weighted by atomic mass is 9.87. The molecule has 0 aromatic heterocycles. The summed E-state index contributed by atoms with van der Waals surface area (Å²) in [5.74, 6) is -4.35. The van der Waals surface area contributed by atoms with Gasteiger partial charge in [-0.25, -0.2) is 4.79 Å². The fourth-order valence-electron chi connectivity index (χ4n) is 2.47. The number of nitrogens with one attached hydrogen (secondary N) is 1. The summed E-state index contributed by atoms with van der Waals surface area (Å²) in [4.78, 5) is 25.7. The Morgan fingerprint density at radius 2 is 2.17 bits per heavy atom. The molecule has 0 aliphatic carbocycles. The lowest BCUT2D eigenvalue weighted by molar-refractivity contribution is -0.283. The Kier molecular flexibility index (Phi) is 6.90. The fraction of sp³-hybridized carbons (Fsp3) is 0.833. The van der Waals surface area contributed by atoms with Gasteiger partial charge in [0.2, 0.25) is 5.91 Å². The molecule has 1 fully saturated rings. The largest absolute Gasteiger partial charge is 0.465 e. The molecule has 1 aliphatic heterocycles. The van der Waals surface area contributed by atoms with Gasteiger partial charge in [-0.2, -0.15) is 0 Å². The highest BCUT2D eigenvalue weighted by Gasteiger charge is 2.54. The number of hydrogen-bond acceptors (Lipinski definition) is 9. The van der Waals surface area contributed by atoms with Gasteiger partial charge in [0.05, 0.1) is 25.8 Å². The maximum atomic E-state index is 11.8. The van der Waals surface area contributed by atoms with Gasteiger partial charge in [-0.15, -0.1) is 0 Å². The van der Waals surface area contributed by atoms with Crippen LogP contribution in [0.3, 0.4) is 0 Å². The van der Waals surface area contributed by atoms with E-state index in [4.69, 9.17) is 15.4 Å². The van der Waals surface area contributed by atoms with E-state index in [0.717, 1.165) is 14.0 Å². The third-order valence-electron chi connectivity index (χ3n) is 3.58. The molecule has 1 saturated heterocycles. The number of aliphatic hydroxyl groups excluding tert-OH is 3. The van der Waals surface area contributed by atoms with Crippen molar-refractivity contribution < 1.29 is 39.5 Å². The summed E-state index contributed by atoms with van der Waals surface area (Å²) in [5, 5.41) is 44.8. The molecule has 0 unspecified atom stereocenters. The molecule has 0 radical (unpaired) electrons. The summed E-state index contributed by atoms with van der Waals surface area (Å²) in [5.41, 5.74) is 8.67. The zero-order valence-electron chi connectivity index (χ0n) is 13.1. The first-order valence-corrected chi connectivity index (χ1v) is 6.97. The Hall–Kier alpha value is -1.95. The Balaban J connectivity index is 3.29. The van der Waals surface area contributed by atoms with Crippen LogP contribution in [0.5, 0.6) is 0 Å². The maximum Gasteiger partial charge on any atom is 0.366 e. The van der Waals surface area contributed by atoms with Crippen molar-refractivity contribution in [2.45, 2.75) is 49.5 Å². The number of carbonyl (C=O) groups excluding carboxylic acids is 2. The van der Waals surface area contributed by atoms with E-state index >= 15 is 0 Å². The summed E-state index contributed by atoms with van der Waals surface area (Å²) in [7, 11) is 0.986. The average Bonchev–Trinajstić information content (AvgIpc) is 2.54. The van der Waals surface area contributed by atoms with Crippen LogP contribution in [0.4, 0.5) is 0 Å². The molecule has 1 aliphatic rings. The maximum absolute atomic E-state index is 11.8. The number of azide groups is 1. The molecule has 0 aromatic carbocycles. The van der Waals surface area contributed by atoms with Gasteiger partial charge in [0.1, 0.15) is 18.3 Å². The number of aliphatic hydroxyl groups is 4. The molecule has 0 bridgehead atoms. The van der Waals surface area contributed by atoms with E-state index < -0.39 is 61.1 Å². The highest BCUT2D eigenvalue weighted by atomic mass is 16.7. The monoisotopic (exact) mass is 348 g/mol. The molecule has 1 heterocycles. The first kappa shape index (κ1) is 20.1. The zero-order valence-corrected chi connectivity index (χ0v) is 13.1. The SMILES string of the molecule is COC(=O)[C@]1(O)C[C@H](N=[N+]=[N-])[C@@H](NC(C)=O)[C@H]([C@H](O)[C@H](O)CO)O1. The van der Waals surface area contributed by atoms with E-state index in [9.17, 15) is 24.9 Å². The molecular formula is C12H20N4O8. The van der Waals surface area contributed by atoms with E-state index in [0.29, 0.717) is 0 Å². The highest BCUT2D eigenvalue weighted by molar-refractivity contribution is 5.78. The number of esters is 1. The topological polar surface area (TPSA) is 194 Å². The van der Waals surface area contributed by atoms with Crippen molar-refractivity contribution in [1.82, 2.24) is 5.32 Å². The Morgan fingerprint density at radius 1 is 1.54 bits per heavy atom. The zero-order chi connectivity index (χ0) is 18.5. The van der Waals surface area contributed by atoms with Crippen molar-refractivity contribution in [2.24, 2.45) is 5.11 Å². The quantitative estimate of drug-likeness (QED) is 0.151. The second kappa shape index (κ2) is 8.24. The van der Waals surface area contributed by atoms with Gasteiger partial charge in [-0.3, -0.25) is 4.79 Å². The Morgan fingerprint density at radius 3 is 2.62 bits per heavy atom. The molecule has 1 rings (SSSR count). The van der Waals surface area contributed by atoms with Crippen LogP contribution in [0.2, 0.25) is 0 Å². The van der Waals surface area contributed by atoms with E-state index in [1.54, 1.807) is 0 Å². The fourth-order valence-corrected chi connectivity index (χ4v) is 2.47. The molecular weight excluding hydrogens is 328 g/mol. The lowest BCUT2D eigenvalue weighted by Gasteiger charge is -2.45. The van der Waals surface area contributed by atoms with Gasteiger partial charge in [0.15, 0.2) is 0 Å². The van der Waals surface area contributed by atoms with E-state index in [1.807, 2.05) is 0 Å². The van der Waals surface area contributed by atoms with Crippen molar-refractivity contribution in [1.29, 1.82) is 0 Å². The minimum Gasteiger partial charge on any atom is -0.465 e. The highest BCUT2D eigenvalue weighted by Crippen LogP contribution is 2.32. The van der Waals surface area contributed by atoms with Gasteiger partial charge in [-0.1, -0.05) is 5.11 Å². The van der Waals surface area contributed by atoms with Crippen molar-refractivity contribution >= 4 is 11.9 Å². The van der Waals surface area contributed by atoms with E-state index in [1.165, 1.54) is 0 Å². The van der Waals surface area contributed by atoms with Gasteiger partial charge in [0.25, 0.3) is 5.79 Å². The minimum atomic E-state index is -2.57. The first-order chi connectivity index (χ1) is 11.2. The molecule has 0 saturated carbocycles. The summed E-state index contributed by atoms with van der Waals surface area (Å²) in [6.45, 7) is 0.302. The third kappa shape index (κ3) is 4.32. The predicted molar refractivity (Wildman–Crippen MR) is 76.1 cm³/mol. The van der Waals surface area contributed by atoms with Crippen LogP contribution in [0.1, 0.15) is 13.3 Å². The van der Waals surface area contributed by atoms with E-state index in [-0.39, 0.29) is 0 Å². The molecule has 12 nitrogen and oxygen atoms in total. The number of ether oxygens (including phenoxy) is 2. The summed E-state index contributed by atoms with van der Waals surface area (Å²) in [6.07, 6.45) is -5.62. The molecule has 1 amide bonds. The van der Waals surface area contributed by atoms with Crippen LogP contribution in [0.15, 0.2) is 5.11 Å². The number of hydrogen-bond donors (Lipinski definition) is 5. The lowest BCUT2D eigenvalue weighted by Crippen LogP contribution is -2.67. The average molecular weight is 348 g/mol. The number of rotatable bonds is 6. The van der Waals surface area contributed by atoms with Crippen LogP contribution in [-0.2, 0) is 19.1 Å². The number of nitrogens with zero attached hydrogens (tertiary/aromatic N) is 3. The summed E-state index contributed by atoms with van der Waals surface area (Å²) in [6, 6.07) is -2.36. The molecule has 0 spiro atoms. The van der Waals surface area contributed by atoms with Gasteiger partial charge in [-0.05, 0) is 5.53 Å². The summed E-state index contributed by atoms with van der Waals surface area (Å²) >= 11 is 0. The van der Waals surface area contributed by atoms with Gasteiger partial charge in [0, 0.05) is 18.3 Å². The van der Waals surface area contributed by atoms with Crippen LogP contribution in [0, 0.1) is 0 Å². The minimum absolute atomic E-state index is 0.548. The standard InChI is InChI=1S/C12H20N4O8/c1-5(18)14-8-6(15-16-13)3-12(22,11(21)23-2)24-10(8)9(20)7(19)4-17/h6-10,17,19-20,22H,3-4H2,1-2H3,(H,14,18)/t6-,7+,8+,9+,10+,12-/m0/s1. The molecule has 5 N–H and O–H groups in total. The first-order valence-electron chi connectivity index (χ1n) is 6.97.